The monoisotopic (exact) mass is 389 g/mol. The predicted octanol–water partition coefficient (Wildman–Crippen LogP) is 3.27. The highest BCUT2D eigenvalue weighted by Crippen LogP contribution is 2.13. The number of aromatic nitrogens is 1. The summed E-state index contributed by atoms with van der Waals surface area (Å²) in [5.74, 6) is 0.982. The molecule has 0 spiro atoms. The zero-order chi connectivity index (χ0) is 20.4. The van der Waals surface area contributed by atoms with E-state index in [0.717, 1.165) is 37.6 Å². The van der Waals surface area contributed by atoms with Gasteiger partial charge in [-0.15, -0.1) is 0 Å². The lowest BCUT2D eigenvalue weighted by atomic mass is 10.2. The summed E-state index contributed by atoms with van der Waals surface area (Å²) in [4.78, 5) is 25.6. The lowest BCUT2D eigenvalue weighted by Crippen LogP contribution is -2.40. The molecule has 1 saturated heterocycles. The molecule has 28 heavy (non-hydrogen) atoms. The van der Waals surface area contributed by atoms with Crippen molar-refractivity contribution in [1.29, 1.82) is 0 Å². The fraction of sp³-hybridized carbons (Fsp3) is 0.667. The second-order valence-corrected chi connectivity index (χ2v) is 8.05. The summed E-state index contributed by atoms with van der Waals surface area (Å²) in [6, 6.07) is 3.85. The first-order valence-corrected chi connectivity index (χ1v) is 10.3. The molecule has 1 aromatic heterocycles. The van der Waals surface area contributed by atoms with E-state index in [4.69, 9.17) is 9.73 Å². The van der Waals surface area contributed by atoms with Crippen molar-refractivity contribution in [2.75, 3.05) is 32.7 Å². The first-order chi connectivity index (χ1) is 13.4. The third-order valence-corrected chi connectivity index (χ3v) is 4.34. The van der Waals surface area contributed by atoms with E-state index in [9.17, 15) is 4.79 Å². The van der Waals surface area contributed by atoms with Crippen LogP contribution in [0.15, 0.2) is 29.5 Å². The molecule has 1 aromatic rings. The molecule has 1 fully saturated rings. The van der Waals surface area contributed by atoms with Crippen LogP contribution in [0.5, 0.6) is 0 Å². The standard InChI is InChI=1S/C21H35N5O2/c1-5-23-19(25-13-6-7-14-25)24-12-9-15-26(20(27)28-21(2,3)4)17-18-10-8-11-22-16-18/h8,10-11,16H,5-7,9,12-15,17H2,1-4H3,(H,23,24). The summed E-state index contributed by atoms with van der Waals surface area (Å²) in [7, 11) is 0. The van der Waals surface area contributed by atoms with Gasteiger partial charge in [-0.25, -0.2) is 4.79 Å². The molecule has 156 valence electrons. The third-order valence-electron chi connectivity index (χ3n) is 4.34. The molecule has 1 amide bonds. The molecule has 0 radical (unpaired) electrons. The zero-order valence-electron chi connectivity index (χ0n) is 17.8. The highest BCUT2D eigenvalue weighted by atomic mass is 16.6. The molecule has 1 N–H and O–H groups in total. The van der Waals surface area contributed by atoms with Crippen LogP contribution in [-0.2, 0) is 11.3 Å². The Morgan fingerprint density at radius 2 is 2.11 bits per heavy atom. The van der Waals surface area contributed by atoms with E-state index in [1.54, 1.807) is 17.3 Å². The maximum atomic E-state index is 12.6. The smallest absolute Gasteiger partial charge is 0.410 e. The molecule has 0 aromatic carbocycles. The minimum Gasteiger partial charge on any atom is -0.444 e. The largest absolute Gasteiger partial charge is 0.444 e. The number of nitrogens with zero attached hydrogens (tertiary/aromatic N) is 4. The number of rotatable bonds is 7. The molecule has 0 atom stereocenters. The van der Waals surface area contributed by atoms with E-state index in [-0.39, 0.29) is 6.09 Å². The molecule has 7 heteroatoms. The van der Waals surface area contributed by atoms with Crippen LogP contribution in [0.4, 0.5) is 4.79 Å². The van der Waals surface area contributed by atoms with Crippen molar-refractivity contribution in [2.24, 2.45) is 4.99 Å². The first-order valence-electron chi connectivity index (χ1n) is 10.3. The number of pyridine rings is 1. The molecule has 2 rings (SSSR count). The SMILES string of the molecule is CCNC(=NCCCN(Cc1cccnc1)C(=O)OC(C)(C)C)N1CCCC1. The molecule has 0 bridgehead atoms. The van der Waals surface area contributed by atoms with Crippen molar-refractivity contribution in [3.63, 3.8) is 0 Å². The van der Waals surface area contributed by atoms with E-state index >= 15 is 0 Å². The number of ether oxygens (including phenoxy) is 1. The first kappa shape index (κ1) is 22.0. The average Bonchev–Trinajstić information content (AvgIpc) is 3.17. The molecular weight excluding hydrogens is 354 g/mol. The number of guanidine groups is 1. The summed E-state index contributed by atoms with van der Waals surface area (Å²) in [5.41, 5.74) is 0.471. The molecule has 0 saturated carbocycles. The number of carbonyl (C=O) groups excluding carboxylic acids is 1. The van der Waals surface area contributed by atoms with Crippen LogP contribution in [0.25, 0.3) is 0 Å². The number of hydrogen-bond donors (Lipinski definition) is 1. The Bertz CT molecular complexity index is 621. The predicted molar refractivity (Wildman–Crippen MR) is 112 cm³/mol. The maximum Gasteiger partial charge on any atom is 0.410 e. The lowest BCUT2D eigenvalue weighted by molar-refractivity contribution is 0.0232. The van der Waals surface area contributed by atoms with Gasteiger partial charge in [0.2, 0.25) is 0 Å². The molecule has 0 aliphatic carbocycles. The fourth-order valence-electron chi connectivity index (χ4n) is 3.07. The molecule has 0 unspecified atom stereocenters. The van der Waals surface area contributed by atoms with Gasteiger partial charge in [-0.05, 0) is 58.6 Å². The minimum absolute atomic E-state index is 0.299. The molecule has 1 aliphatic heterocycles. The Morgan fingerprint density at radius 1 is 1.36 bits per heavy atom. The maximum absolute atomic E-state index is 12.6. The minimum atomic E-state index is -0.517. The highest BCUT2D eigenvalue weighted by molar-refractivity contribution is 5.80. The average molecular weight is 390 g/mol. The van der Waals surface area contributed by atoms with E-state index in [2.05, 4.69) is 22.1 Å². The number of hydrogen-bond acceptors (Lipinski definition) is 4. The van der Waals surface area contributed by atoms with Gasteiger partial charge < -0.3 is 19.9 Å². The quantitative estimate of drug-likeness (QED) is 0.440. The molecule has 2 heterocycles. The summed E-state index contributed by atoms with van der Waals surface area (Å²) >= 11 is 0. The van der Waals surface area contributed by atoms with Crippen LogP contribution in [0.1, 0.15) is 52.5 Å². The van der Waals surface area contributed by atoms with Crippen molar-refractivity contribution in [3.05, 3.63) is 30.1 Å². The molecular formula is C21H35N5O2. The Labute approximate surface area is 169 Å². The Kier molecular flexibility index (Phi) is 8.54. The van der Waals surface area contributed by atoms with Gasteiger partial charge >= 0.3 is 6.09 Å². The van der Waals surface area contributed by atoms with Crippen LogP contribution in [0.2, 0.25) is 0 Å². The number of carbonyl (C=O) groups is 1. The van der Waals surface area contributed by atoms with Crippen molar-refractivity contribution in [3.8, 4) is 0 Å². The van der Waals surface area contributed by atoms with Gasteiger partial charge in [0.25, 0.3) is 0 Å². The Hall–Kier alpha value is -2.31. The van der Waals surface area contributed by atoms with E-state index < -0.39 is 5.60 Å². The second-order valence-electron chi connectivity index (χ2n) is 8.05. The van der Waals surface area contributed by atoms with Gasteiger partial charge in [-0.1, -0.05) is 6.07 Å². The Morgan fingerprint density at radius 3 is 2.71 bits per heavy atom. The summed E-state index contributed by atoms with van der Waals surface area (Å²) in [5, 5.41) is 3.37. The van der Waals surface area contributed by atoms with Crippen molar-refractivity contribution in [2.45, 2.75) is 59.1 Å². The molecule has 7 nitrogen and oxygen atoms in total. The summed E-state index contributed by atoms with van der Waals surface area (Å²) in [6.45, 7) is 12.5. The van der Waals surface area contributed by atoms with Gasteiger partial charge in [0.15, 0.2) is 5.96 Å². The summed E-state index contributed by atoms with van der Waals surface area (Å²) in [6.07, 6.45) is 6.45. The number of likely N-dealkylation sites (tertiary alicyclic amines) is 1. The number of aliphatic imine (C=N–C) groups is 1. The van der Waals surface area contributed by atoms with E-state index in [1.807, 2.05) is 32.9 Å². The third kappa shape index (κ3) is 7.74. The van der Waals surface area contributed by atoms with Gasteiger partial charge in [0.1, 0.15) is 5.60 Å². The van der Waals surface area contributed by atoms with Crippen molar-refractivity contribution >= 4 is 12.1 Å². The van der Waals surface area contributed by atoms with E-state index in [0.29, 0.717) is 19.6 Å². The normalized spacial score (nSPS) is 14.9. The zero-order valence-corrected chi connectivity index (χ0v) is 17.8. The van der Waals surface area contributed by atoms with Gasteiger partial charge in [-0.2, -0.15) is 0 Å². The van der Waals surface area contributed by atoms with Crippen molar-refractivity contribution in [1.82, 2.24) is 20.1 Å². The van der Waals surface area contributed by atoms with E-state index in [1.165, 1.54) is 12.8 Å². The van der Waals surface area contributed by atoms with Crippen LogP contribution in [-0.4, -0.2) is 65.2 Å². The second kappa shape index (κ2) is 10.9. The molecule has 1 aliphatic rings. The summed E-state index contributed by atoms with van der Waals surface area (Å²) < 4.78 is 5.58. The van der Waals surface area contributed by atoms with Gasteiger partial charge in [0.05, 0.1) is 6.54 Å². The highest BCUT2D eigenvalue weighted by Gasteiger charge is 2.22. The fourth-order valence-corrected chi connectivity index (χ4v) is 3.07. The van der Waals surface area contributed by atoms with Crippen LogP contribution in [0.3, 0.4) is 0 Å². The topological polar surface area (TPSA) is 70.1 Å². The van der Waals surface area contributed by atoms with Gasteiger partial charge in [0, 0.05) is 45.1 Å². The number of nitrogens with one attached hydrogen (secondary N) is 1. The lowest BCUT2D eigenvalue weighted by Gasteiger charge is -2.27. The van der Waals surface area contributed by atoms with Crippen molar-refractivity contribution < 1.29 is 9.53 Å². The van der Waals surface area contributed by atoms with Crippen LogP contribution < -0.4 is 5.32 Å². The van der Waals surface area contributed by atoms with Crippen LogP contribution >= 0.6 is 0 Å². The number of amides is 1. The van der Waals surface area contributed by atoms with Crippen LogP contribution in [0, 0.1) is 0 Å². The van der Waals surface area contributed by atoms with Gasteiger partial charge in [-0.3, -0.25) is 9.98 Å². The Balaban J connectivity index is 1.94.